The van der Waals surface area contributed by atoms with Crippen LogP contribution >= 0.6 is 0 Å². The van der Waals surface area contributed by atoms with Gasteiger partial charge in [0, 0.05) is 11.5 Å². The van der Waals surface area contributed by atoms with Crippen molar-refractivity contribution in [2.75, 3.05) is 0 Å². The first-order valence-electron chi connectivity index (χ1n) is 9.25. The lowest BCUT2D eigenvalue weighted by Gasteiger charge is -2.57. The van der Waals surface area contributed by atoms with Crippen LogP contribution in [-0.4, -0.2) is 21.7 Å². The number of rotatable bonds is 4. The molecular weight excluding hydrogens is 302 g/mol. The van der Waals surface area contributed by atoms with Gasteiger partial charge in [0.05, 0.1) is 0 Å². The zero-order chi connectivity index (χ0) is 16.9. The first kappa shape index (κ1) is 15.8. The van der Waals surface area contributed by atoms with Crippen LogP contribution in [0, 0.1) is 23.7 Å². The van der Waals surface area contributed by atoms with Crippen LogP contribution in [0.5, 0.6) is 11.5 Å². The molecule has 4 fully saturated rings. The summed E-state index contributed by atoms with van der Waals surface area (Å²) in [6.45, 7) is 1.94. The molecule has 0 spiro atoms. The van der Waals surface area contributed by atoms with Gasteiger partial charge in [-0.25, -0.2) is 0 Å². The molecule has 1 aromatic carbocycles. The molecule has 24 heavy (non-hydrogen) atoms. The predicted octanol–water partition coefficient (Wildman–Crippen LogP) is 3.36. The number of carbonyl (C=O) groups excluding carboxylic acids is 1. The minimum absolute atomic E-state index is 0.0528. The van der Waals surface area contributed by atoms with Crippen LogP contribution in [0.3, 0.4) is 0 Å². The largest absolute Gasteiger partial charge is 0.504 e. The Morgan fingerprint density at radius 2 is 1.71 bits per heavy atom. The van der Waals surface area contributed by atoms with Gasteiger partial charge < -0.3 is 15.5 Å². The van der Waals surface area contributed by atoms with E-state index in [0.29, 0.717) is 6.42 Å². The van der Waals surface area contributed by atoms with Gasteiger partial charge >= 0.3 is 0 Å². The van der Waals surface area contributed by atoms with Crippen LogP contribution in [0.4, 0.5) is 0 Å². The van der Waals surface area contributed by atoms with E-state index >= 15 is 0 Å². The van der Waals surface area contributed by atoms with Crippen molar-refractivity contribution in [1.82, 2.24) is 5.32 Å². The molecule has 3 N–H and O–H groups in total. The predicted molar refractivity (Wildman–Crippen MR) is 91.7 cm³/mol. The van der Waals surface area contributed by atoms with E-state index in [4.69, 9.17) is 0 Å². The molecule has 1 amide bonds. The smallest absolute Gasteiger partial charge is 0.223 e. The highest BCUT2D eigenvalue weighted by atomic mass is 16.3. The summed E-state index contributed by atoms with van der Waals surface area (Å²) < 4.78 is 0. The molecule has 0 aromatic heterocycles. The van der Waals surface area contributed by atoms with Crippen molar-refractivity contribution in [1.29, 1.82) is 0 Å². The van der Waals surface area contributed by atoms with Gasteiger partial charge in [0.25, 0.3) is 0 Å². The lowest BCUT2D eigenvalue weighted by Crippen LogP contribution is -2.60. The summed E-state index contributed by atoms with van der Waals surface area (Å²) >= 11 is 0. The third-order valence-corrected chi connectivity index (χ3v) is 6.46. The van der Waals surface area contributed by atoms with Gasteiger partial charge in [-0.2, -0.15) is 0 Å². The number of hydrogen-bond donors (Lipinski definition) is 3. The zero-order valence-electron chi connectivity index (χ0n) is 14.3. The van der Waals surface area contributed by atoms with Crippen LogP contribution in [0.2, 0.25) is 0 Å². The zero-order valence-corrected chi connectivity index (χ0v) is 14.3. The van der Waals surface area contributed by atoms with Crippen LogP contribution < -0.4 is 5.32 Å². The third kappa shape index (κ3) is 2.87. The number of phenolic OH excluding ortho intramolecular Hbond substituents is 2. The third-order valence-electron chi connectivity index (χ3n) is 6.46. The molecular formula is C20H27NO3. The van der Waals surface area contributed by atoms with E-state index in [9.17, 15) is 15.0 Å². The average molecular weight is 329 g/mol. The van der Waals surface area contributed by atoms with Crippen molar-refractivity contribution >= 4 is 5.91 Å². The highest BCUT2D eigenvalue weighted by Gasteiger charge is 2.51. The fourth-order valence-corrected chi connectivity index (χ4v) is 5.79. The Balaban J connectivity index is 1.41. The Kier molecular flexibility index (Phi) is 3.74. The van der Waals surface area contributed by atoms with Gasteiger partial charge in [0.2, 0.25) is 5.91 Å². The second-order valence-electron chi connectivity index (χ2n) is 8.62. The quantitative estimate of drug-likeness (QED) is 0.742. The summed E-state index contributed by atoms with van der Waals surface area (Å²) in [4.78, 5) is 12.8. The van der Waals surface area contributed by atoms with Gasteiger partial charge in [-0.1, -0.05) is 13.0 Å². The number of carbonyl (C=O) groups is 1. The molecule has 5 rings (SSSR count). The average Bonchev–Trinajstić information content (AvgIpc) is 2.49. The first-order chi connectivity index (χ1) is 11.4. The second-order valence-corrected chi connectivity index (χ2v) is 8.62. The van der Waals surface area contributed by atoms with Crippen molar-refractivity contribution in [2.24, 2.45) is 23.7 Å². The lowest BCUT2D eigenvalue weighted by atomic mass is 9.53. The summed E-state index contributed by atoms with van der Waals surface area (Å²) in [6, 6.07) is 4.79. The van der Waals surface area contributed by atoms with Crippen LogP contribution in [0.25, 0.3) is 0 Å². The van der Waals surface area contributed by atoms with E-state index in [-0.39, 0.29) is 28.9 Å². The Hall–Kier alpha value is -1.71. The van der Waals surface area contributed by atoms with E-state index in [2.05, 4.69) is 5.32 Å². The monoisotopic (exact) mass is 329 g/mol. The van der Waals surface area contributed by atoms with Gasteiger partial charge in [-0.3, -0.25) is 4.79 Å². The van der Waals surface area contributed by atoms with Gasteiger partial charge in [-0.05, 0) is 80.4 Å². The number of phenols is 2. The molecule has 1 atom stereocenters. The van der Waals surface area contributed by atoms with Crippen molar-refractivity contribution in [3.63, 3.8) is 0 Å². The minimum Gasteiger partial charge on any atom is -0.504 e. The van der Waals surface area contributed by atoms with E-state index < -0.39 is 0 Å². The molecule has 0 heterocycles. The molecule has 4 bridgehead atoms. The Morgan fingerprint density at radius 1 is 1.12 bits per heavy atom. The Labute approximate surface area is 143 Å². The van der Waals surface area contributed by atoms with E-state index in [1.54, 1.807) is 12.1 Å². The SMILES string of the molecule is CC(Cc1ccc(O)c(O)c1)C(=O)NC12CC3CC(CC(C3)C1)C2. The number of amides is 1. The topological polar surface area (TPSA) is 69.6 Å². The van der Waals surface area contributed by atoms with Crippen LogP contribution in [0.15, 0.2) is 18.2 Å². The summed E-state index contributed by atoms with van der Waals surface area (Å²) in [6.07, 6.45) is 8.19. The lowest BCUT2D eigenvalue weighted by molar-refractivity contribution is -0.130. The molecule has 1 aromatic rings. The van der Waals surface area contributed by atoms with E-state index in [1.807, 2.05) is 6.92 Å². The number of benzene rings is 1. The number of nitrogens with one attached hydrogen (secondary N) is 1. The maximum absolute atomic E-state index is 12.8. The van der Waals surface area contributed by atoms with Crippen LogP contribution in [-0.2, 0) is 11.2 Å². The van der Waals surface area contributed by atoms with Crippen molar-refractivity contribution in [2.45, 2.75) is 57.4 Å². The van der Waals surface area contributed by atoms with Gasteiger partial charge in [-0.15, -0.1) is 0 Å². The molecule has 4 saturated carbocycles. The Bertz CT molecular complexity index is 619. The van der Waals surface area contributed by atoms with Gasteiger partial charge in [0.15, 0.2) is 11.5 Å². The molecule has 0 radical (unpaired) electrons. The van der Waals surface area contributed by atoms with Crippen molar-refractivity contribution in [3.8, 4) is 11.5 Å². The fraction of sp³-hybridized carbons (Fsp3) is 0.650. The molecule has 0 saturated heterocycles. The summed E-state index contributed by atoms with van der Waals surface area (Å²) in [5.74, 6) is 2.21. The molecule has 130 valence electrons. The van der Waals surface area contributed by atoms with Crippen LogP contribution in [0.1, 0.15) is 51.0 Å². The molecule has 4 nitrogen and oxygen atoms in total. The maximum atomic E-state index is 12.8. The molecule has 0 aliphatic heterocycles. The first-order valence-corrected chi connectivity index (χ1v) is 9.25. The molecule has 4 aliphatic rings. The van der Waals surface area contributed by atoms with E-state index in [0.717, 1.165) is 23.3 Å². The highest BCUT2D eigenvalue weighted by Crippen LogP contribution is 2.55. The molecule has 4 aliphatic carbocycles. The summed E-state index contributed by atoms with van der Waals surface area (Å²) in [7, 11) is 0. The van der Waals surface area contributed by atoms with E-state index in [1.165, 1.54) is 44.6 Å². The number of hydrogen-bond acceptors (Lipinski definition) is 3. The highest BCUT2D eigenvalue weighted by molar-refractivity contribution is 5.79. The van der Waals surface area contributed by atoms with Crippen molar-refractivity contribution < 1.29 is 15.0 Å². The minimum atomic E-state index is -0.137. The number of aromatic hydroxyl groups is 2. The van der Waals surface area contributed by atoms with Gasteiger partial charge in [0.1, 0.15) is 0 Å². The summed E-state index contributed by atoms with van der Waals surface area (Å²) in [5.41, 5.74) is 0.926. The normalized spacial score (nSPS) is 35.0. The fourth-order valence-electron chi connectivity index (χ4n) is 5.79. The maximum Gasteiger partial charge on any atom is 0.223 e. The summed E-state index contributed by atoms with van der Waals surface area (Å²) in [5, 5.41) is 22.4. The standard InChI is InChI=1S/C20H27NO3/c1-12(4-13-2-3-17(22)18(23)8-13)19(24)21-20-9-14-5-15(10-20)7-16(6-14)11-20/h2-3,8,12,14-16,22-23H,4-7,9-11H2,1H3,(H,21,24). The Morgan fingerprint density at radius 3 is 2.25 bits per heavy atom. The second kappa shape index (κ2) is 5.68. The molecule has 4 heteroatoms. The van der Waals surface area contributed by atoms with Crippen molar-refractivity contribution in [3.05, 3.63) is 23.8 Å². The molecule has 1 unspecified atom stereocenters.